The lowest BCUT2D eigenvalue weighted by molar-refractivity contribution is 0.393. The minimum Gasteiger partial charge on any atom is -0.508 e. The van der Waals surface area contributed by atoms with Gasteiger partial charge in [-0.2, -0.15) is 0 Å². The number of unbranched alkanes of at least 4 members (excludes halogenated alkanes) is 1. The molecule has 2 nitrogen and oxygen atoms in total. The van der Waals surface area contributed by atoms with E-state index in [0.717, 1.165) is 43.2 Å². The fourth-order valence-electron chi connectivity index (χ4n) is 3.48. The molecule has 0 radical (unpaired) electrons. The average Bonchev–Trinajstić information content (AvgIpc) is 3.19. The molecule has 1 aromatic rings. The van der Waals surface area contributed by atoms with Crippen molar-refractivity contribution in [1.29, 1.82) is 0 Å². The molecule has 0 spiro atoms. The highest BCUT2D eigenvalue weighted by atomic mass is 16.3. The van der Waals surface area contributed by atoms with Gasteiger partial charge in [0.15, 0.2) is 0 Å². The predicted octanol–water partition coefficient (Wildman–Crippen LogP) is 6.45. The summed E-state index contributed by atoms with van der Waals surface area (Å²) in [4.78, 5) is 2.19. The van der Waals surface area contributed by atoms with Crippen molar-refractivity contribution in [3.63, 3.8) is 0 Å². The SMILES string of the molecule is CC#CCC(C)C/C=C/C1CCCC1.CN(C)CCCCc1ccccc1O. The number of allylic oxidation sites excluding steroid dienone is 2. The van der Waals surface area contributed by atoms with Gasteiger partial charge < -0.3 is 10.0 Å². The van der Waals surface area contributed by atoms with E-state index >= 15 is 0 Å². The van der Waals surface area contributed by atoms with E-state index < -0.39 is 0 Å². The Labute approximate surface area is 174 Å². The molecule has 1 N–H and O–H groups in total. The molecule has 1 aliphatic rings. The van der Waals surface area contributed by atoms with Gasteiger partial charge >= 0.3 is 0 Å². The second kappa shape index (κ2) is 15.2. The van der Waals surface area contributed by atoms with Crippen LogP contribution in [-0.2, 0) is 6.42 Å². The van der Waals surface area contributed by atoms with Crippen LogP contribution in [0.4, 0.5) is 0 Å². The summed E-state index contributed by atoms with van der Waals surface area (Å²) in [5, 5.41) is 9.51. The highest BCUT2D eigenvalue weighted by molar-refractivity contribution is 5.31. The van der Waals surface area contributed by atoms with E-state index in [1.54, 1.807) is 6.07 Å². The van der Waals surface area contributed by atoms with Crippen molar-refractivity contribution in [3.8, 4) is 17.6 Å². The summed E-state index contributed by atoms with van der Waals surface area (Å²) in [5.74, 6) is 8.14. The lowest BCUT2D eigenvalue weighted by Crippen LogP contribution is -2.12. The lowest BCUT2D eigenvalue weighted by atomic mass is 10.0. The van der Waals surface area contributed by atoms with Crippen LogP contribution in [0, 0.1) is 23.7 Å². The number of nitrogens with zero attached hydrogens (tertiary/aromatic N) is 1. The van der Waals surface area contributed by atoms with Crippen molar-refractivity contribution in [3.05, 3.63) is 42.0 Å². The molecule has 1 atom stereocenters. The van der Waals surface area contributed by atoms with Crippen molar-refractivity contribution < 1.29 is 5.11 Å². The van der Waals surface area contributed by atoms with Crippen LogP contribution in [0.1, 0.15) is 70.8 Å². The second-order valence-electron chi connectivity index (χ2n) is 8.33. The van der Waals surface area contributed by atoms with Crippen molar-refractivity contribution in [2.75, 3.05) is 20.6 Å². The summed E-state index contributed by atoms with van der Waals surface area (Å²) < 4.78 is 0. The maximum Gasteiger partial charge on any atom is 0.118 e. The smallest absolute Gasteiger partial charge is 0.118 e. The second-order valence-corrected chi connectivity index (χ2v) is 8.33. The zero-order chi connectivity index (χ0) is 20.6. The van der Waals surface area contributed by atoms with E-state index in [0.29, 0.717) is 5.75 Å². The van der Waals surface area contributed by atoms with Gasteiger partial charge in [0, 0.05) is 6.42 Å². The number of rotatable bonds is 9. The van der Waals surface area contributed by atoms with Gasteiger partial charge in [-0.3, -0.25) is 0 Å². The van der Waals surface area contributed by atoms with Gasteiger partial charge in [-0.05, 0) is 89.6 Å². The standard InChI is InChI=1S/C14H22.C12H19NO/c1-3-4-8-13(2)9-7-12-14-10-5-6-11-14;1-13(2)10-6-5-8-11-7-3-4-9-12(11)14/h7,12-14H,5-6,8-11H2,1-2H3;3-4,7,9,14H,5-6,8,10H2,1-2H3/b12-7+;. The third-order valence-corrected chi connectivity index (χ3v) is 5.27. The Bertz CT molecular complexity index is 602. The summed E-state index contributed by atoms with van der Waals surface area (Å²) >= 11 is 0. The van der Waals surface area contributed by atoms with Crippen molar-refractivity contribution in [2.24, 2.45) is 11.8 Å². The van der Waals surface area contributed by atoms with E-state index in [9.17, 15) is 5.11 Å². The van der Waals surface area contributed by atoms with Crippen molar-refractivity contribution in [1.82, 2.24) is 4.90 Å². The van der Waals surface area contributed by atoms with Crippen LogP contribution in [0.3, 0.4) is 0 Å². The first-order valence-electron chi connectivity index (χ1n) is 11.0. The van der Waals surface area contributed by atoms with E-state index in [2.05, 4.69) is 49.9 Å². The van der Waals surface area contributed by atoms with Gasteiger partial charge in [0.25, 0.3) is 0 Å². The maximum absolute atomic E-state index is 9.51. The fourth-order valence-corrected chi connectivity index (χ4v) is 3.48. The molecule has 0 saturated heterocycles. The summed E-state index contributed by atoms with van der Waals surface area (Å²) in [6.07, 6.45) is 16.0. The largest absolute Gasteiger partial charge is 0.508 e. The molecule has 1 saturated carbocycles. The van der Waals surface area contributed by atoms with Crippen LogP contribution in [-0.4, -0.2) is 30.6 Å². The van der Waals surface area contributed by atoms with Crippen LogP contribution in [0.25, 0.3) is 0 Å². The fraction of sp³-hybridized carbons (Fsp3) is 0.615. The van der Waals surface area contributed by atoms with Gasteiger partial charge in [0.1, 0.15) is 5.75 Å². The number of phenolic OH excluding ortho intramolecular Hbond substituents is 1. The highest BCUT2D eigenvalue weighted by Crippen LogP contribution is 2.26. The van der Waals surface area contributed by atoms with Crippen LogP contribution < -0.4 is 0 Å². The topological polar surface area (TPSA) is 23.5 Å². The lowest BCUT2D eigenvalue weighted by Gasteiger charge is -2.09. The first kappa shape index (κ1) is 24.3. The Morgan fingerprint density at radius 3 is 2.54 bits per heavy atom. The summed E-state index contributed by atoms with van der Waals surface area (Å²) in [7, 11) is 4.17. The molecule has 1 aromatic carbocycles. The van der Waals surface area contributed by atoms with Gasteiger partial charge in [0.2, 0.25) is 0 Å². The molecule has 1 fully saturated rings. The zero-order valence-electron chi connectivity index (χ0n) is 18.6. The first-order chi connectivity index (χ1) is 13.5. The quantitative estimate of drug-likeness (QED) is 0.301. The Morgan fingerprint density at radius 2 is 1.89 bits per heavy atom. The number of aryl methyl sites for hydroxylation is 1. The highest BCUT2D eigenvalue weighted by Gasteiger charge is 2.10. The molecule has 1 aliphatic carbocycles. The Kier molecular flexibility index (Phi) is 13.2. The molecule has 0 aliphatic heterocycles. The molecular weight excluding hydrogens is 342 g/mol. The number of benzene rings is 1. The summed E-state index contributed by atoms with van der Waals surface area (Å²) in [6.45, 7) is 5.32. The van der Waals surface area contributed by atoms with E-state index in [1.807, 2.05) is 25.1 Å². The molecular formula is C26H41NO. The Balaban J connectivity index is 0.000000280. The number of phenols is 1. The Hall–Kier alpha value is -1.72. The molecule has 2 rings (SSSR count). The molecule has 2 heteroatoms. The molecule has 0 bridgehead atoms. The molecule has 156 valence electrons. The molecule has 0 heterocycles. The van der Waals surface area contributed by atoms with Crippen LogP contribution in [0.5, 0.6) is 5.75 Å². The Morgan fingerprint density at radius 1 is 1.18 bits per heavy atom. The maximum atomic E-state index is 9.51. The van der Waals surface area contributed by atoms with E-state index in [4.69, 9.17) is 0 Å². The summed E-state index contributed by atoms with van der Waals surface area (Å²) in [6, 6.07) is 7.58. The molecule has 28 heavy (non-hydrogen) atoms. The number of hydrogen-bond donors (Lipinski definition) is 1. The molecule has 0 aromatic heterocycles. The average molecular weight is 384 g/mol. The zero-order valence-corrected chi connectivity index (χ0v) is 18.6. The first-order valence-corrected chi connectivity index (χ1v) is 11.0. The molecule has 1 unspecified atom stereocenters. The van der Waals surface area contributed by atoms with Gasteiger partial charge in [-0.1, -0.05) is 50.1 Å². The third kappa shape index (κ3) is 11.9. The minimum absolute atomic E-state index is 0.428. The minimum atomic E-state index is 0.428. The van der Waals surface area contributed by atoms with E-state index in [-0.39, 0.29) is 0 Å². The van der Waals surface area contributed by atoms with Gasteiger partial charge in [-0.25, -0.2) is 0 Å². The van der Waals surface area contributed by atoms with Crippen molar-refractivity contribution >= 4 is 0 Å². The van der Waals surface area contributed by atoms with Gasteiger partial charge in [0.05, 0.1) is 0 Å². The number of aromatic hydroxyl groups is 1. The van der Waals surface area contributed by atoms with Crippen LogP contribution in [0.2, 0.25) is 0 Å². The van der Waals surface area contributed by atoms with Crippen LogP contribution >= 0.6 is 0 Å². The molecule has 0 amide bonds. The number of hydrogen-bond acceptors (Lipinski definition) is 2. The monoisotopic (exact) mass is 383 g/mol. The predicted molar refractivity (Wildman–Crippen MR) is 123 cm³/mol. The van der Waals surface area contributed by atoms with Crippen molar-refractivity contribution in [2.45, 2.75) is 71.6 Å². The normalized spacial score (nSPS) is 15.2. The van der Waals surface area contributed by atoms with Crippen LogP contribution in [0.15, 0.2) is 36.4 Å². The third-order valence-electron chi connectivity index (χ3n) is 5.27. The van der Waals surface area contributed by atoms with Gasteiger partial charge in [-0.15, -0.1) is 11.8 Å². The van der Waals surface area contributed by atoms with E-state index in [1.165, 1.54) is 38.5 Å². The summed E-state index contributed by atoms with van der Waals surface area (Å²) in [5.41, 5.74) is 1.06. The number of para-hydroxylation sites is 1.